The number of carbonyl (C=O) groups excluding carboxylic acids is 1. The first-order valence-electron chi connectivity index (χ1n) is 14.6. The van der Waals surface area contributed by atoms with Gasteiger partial charge < -0.3 is 26.2 Å². The predicted octanol–water partition coefficient (Wildman–Crippen LogP) is -1.59. The van der Waals surface area contributed by atoms with Crippen LogP contribution in [0.1, 0.15) is 25.7 Å². The number of alkyl halides is 1. The van der Waals surface area contributed by atoms with Gasteiger partial charge in [-0.1, -0.05) is 5.10 Å². The van der Waals surface area contributed by atoms with Crippen molar-refractivity contribution < 1.29 is 9.18 Å². The summed E-state index contributed by atoms with van der Waals surface area (Å²) in [6.07, 6.45) is 4.56. The Morgan fingerprint density at radius 1 is 1.26 bits per heavy atom. The van der Waals surface area contributed by atoms with Crippen LogP contribution in [-0.2, 0) is 4.79 Å². The first kappa shape index (κ1) is 26.7. The molecule has 11 nitrogen and oxygen atoms in total. The summed E-state index contributed by atoms with van der Waals surface area (Å²) in [4.78, 5) is 20.7. The average molecular weight is 542 g/mol. The van der Waals surface area contributed by atoms with Gasteiger partial charge in [0, 0.05) is 45.8 Å². The molecule has 1 aliphatic carbocycles. The lowest BCUT2D eigenvalue weighted by Crippen LogP contribution is -2.66. The topological polar surface area (TPSA) is 130 Å². The number of nitrogens with two attached hydrogens (primary N) is 1. The number of likely N-dealkylation sites (tertiary alicyclic amines) is 1. The van der Waals surface area contributed by atoms with Crippen LogP contribution in [0, 0.1) is 34.5 Å². The highest BCUT2D eigenvalue weighted by atomic mass is 19.1. The van der Waals surface area contributed by atoms with Gasteiger partial charge in [-0.2, -0.15) is 5.26 Å². The molecule has 5 unspecified atom stereocenters. The summed E-state index contributed by atoms with van der Waals surface area (Å²) in [7, 11) is 2.18. The third kappa shape index (κ3) is 5.31. The van der Waals surface area contributed by atoms with E-state index in [0.29, 0.717) is 31.4 Å². The molecule has 39 heavy (non-hydrogen) atoms. The lowest BCUT2D eigenvalue weighted by Gasteiger charge is -2.45. The molecule has 212 valence electrons. The lowest BCUT2D eigenvalue weighted by molar-refractivity contribution is -0.123. The van der Waals surface area contributed by atoms with E-state index >= 15 is 4.39 Å². The number of carbonyl (C=O) groups is 1. The van der Waals surface area contributed by atoms with Gasteiger partial charge in [0.1, 0.15) is 12.7 Å². The van der Waals surface area contributed by atoms with E-state index in [0.717, 1.165) is 71.5 Å². The number of likely N-dealkylation sites (N-methyl/N-ethyl adjacent to an activating group) is 1. The fraction of sp³-hybridized carbons (Fsp3) is 0.815. The van der Waals surface area contributed by atoms with Gasteiger partial charge >= 0.3 is 5.84 Å². The quantitative estimate of drug-likeness (QED) is 0.344. The first-order chi connectivity index (χ1) is 18.9. The largest absolute Gasteiger partial charge is 0.389 e. The van der Waals surface area contributed by atoms with Gasteiger partial charge in [-0.25, -0.2) is 9.06 Å². The third-order valence-corrected chi connectivity index (χ3v) is 9.79. The van der Waals surface area contributed by atoms with Crippen LogP contribution in [0.15, 0.2) is 5.10 Å². The second-order valence-electron chi connectivity index (χ2n) is 12.4. The zero-order valence-electron chi connectivity index (χ0n) is 22.9. The Balaban J connectivity index is 1.08. The number of nitrogens with zero attached hydrogens (tertiary/aromatic N) is 7. The van der Waals surface area contributed by atoms with Crippen molar-refractivity contribution in [2.24, 2.45) is 34.0 Å². The lowest BCUT2D eigenvalue weighted by atomic mass is 9.89. The van der Waals surface area contributed by atoms with Crippen molar-refractivity contribution in [3.8, 4) is 6.07 Å². The summed E-state index contributed by atoms with van der Waals surface area (Å²) in [5, 5.41) is 21.9. The summed E-state index contributed by atoms with van der Waals surface area (Å²) < 4.78 is 19.9. The van der Waals surface area contributed by atoms with Crippen molar-refractivity contribution in [3.63, 3.8) is 0 Å². The van der Waals surface area contributed by atoms with Crippen LogP contribution in [0.4, 0.5) is 4.39 Å². The van der Waals surface area contributed by atoms with Crippen LogP contribution >= 0.6 is 0 Å². The maximum atomic E-state index is 15.4. The van der Waals surface area contributed by atoms with E-state index in [4.69, 9.17) is 5.73 Å². The minimum Gasteiger partial charge on any atom is -0.383 e. The van der Waals surface area contributed by atoms with Crippen LogP contribution in [0.2, 0.25) is 0 Å². The molecule has 0 aromatic carbocycles. The highest BCUT2D eigenvalue weighted by Gasteiger charge is 2.57. The SMILES string of the molecule is CN1CCN(CC2CCN(C3C(F)CNCC3NC(=O)C3C(N)=NN4CC(C5(C#N)CC5)C=[N+]=C34)CC2)CC1. The Bertz CT molecular complexity index is 1080. The van der Waals surface area contributed by atoms with E-state index < -0.39 is 12.1 Å². The van der Waals surface area contributed by atoms with E-state index in [1.165, 1.54) is 0 Å². The Hall–Kier alpha value is -2.55. The molecular weight excluding hydrogens is 499 g/mol. The van der Waals surface area contributed by atoms with Crippen LogP contribution in [0.3, 0.4) is 0 Å². The molecule has 5 aliphatic heterocycles. The number of piperazine rings is 1. The molecule has 0 spiro atoms. The molecule has 5 atom stereocenters. The molecule has 6 rings (SSSR count). The van der Waals surface area contributed by atoms with Gasteiger partial charge in [0.2, 0.25) is 11.8 Å². The Labute approximate surface area is 229 Å². The second-order valence-corrected chi connectivity index (χ2v) is 12.4. The van der Waals surface area contributed by atoms with Gasteiger partial charge in [-0.3, -0.25) is 9.69 Å². The maximum Gasteiger partial charge on any atom is 0.389 e. The normalized spacial score (nSPS) is 35.6. The standard InChI is InChI=1S/C27H41FN10O/c1-35-8-10-36(11-9-35)15-18-2-6-37(7-3-18)23-20(28)13-31-14-21(23)33-26(39)22-24(30)34-38-16-19(12-32-25(22)38)27(17-29)4-5-27/h12,18-23,31H,2-11,13-16H2,1H3,(H2-,30,33,34,39)/p+1. The van der Waals surface area contributed by atoms with Gasteiger partial charge in [-0.05, 0) is 51.7 Å². The fourth-order valence-electron chi connectivity index (χ4n) is 7.06. The number of hydrogen-bond donors (Lipinski definition) is 3. The molecule has 6 aliphatic rings. The Kier molecular flexibility index (Phi) is 7.37. The first-order valence-corrected chi connectivity index (χ1v) is 14.6. The summed E-state index contributed by atoms with van der Waals surface area (Å²) in [5.41, 5.74) is 5.87. The highest BCUT2D eigenvalue weighted by molar-refractivity contribution is 6.23. The predicted molar refractivity (Wildman–Crippen MR) is 148 cm³/mol. The van der Waals surface area contributed by atoms with Gasteiger partial charge in [0.25, 0.3) is 0 Å². The molecule has 4 N–H and O–H groups in total. The molecule has 0 bridgehead atoms. The van der Waals surface area contributed by atoms with Gasteiger partial charge in [-0.15, -0.1) is 5.01 Å². The van der Waals surface area contributed by atoms with E-state index in [-0.39, 0.29) is 35.2 Å². The van der Waals surface area contributed by atoms with Crippen molar-refractivity contribution in [2.75, 3.05) is 72.5 Å². The average Bonchev–Trinajstić information content (AvgIpc) is 3.66. The molecule has 5 heterocycles. The summed E-state index contributed by atoms with van der Waals surface area (Å²) in [6.45, 7) is 8.62. The number of rotatable bonds is 6. The summed E-state index contributed by atoms with van der Waals surface area (Å²) >= 11 is 0. The highest BCUT2D eigenvalue weighted by Crippen LogP contribution is 2.51. The summed E-state index contributed by atoms with van der Waals surface area (Å²) in [5.74, 6) is 0.220. The molecule has 0 aromatic heterocycles. The molecule has 12 heteroatoms. The van der Waals surface area contributed by atoms with Crippen LogP contribution in [0.5, 0.6) is 0 Å². The van der Waals surface area contributed by atoms with Gasteiger partial charge in [0.15, 0.2) is 12.1 Å². The molecule has 4 fully saturated rings. The van der Waals surface area contributed by atoms with Crippen molar-refractivity contribution in [1.82, 2.24) is 35.0 Å². The number of amides is 1. The molecular formula is C27H42FN10O+. The monoisotopic (exact) mass is 541 g/mol. The van der Waals surface area contributed by atoms with E-state index in [1.54, 1.807) is 11.2 Å². The number of piperidine rings is 2. The van der Waals surface area contributed by atoms with Gasteiger partial charge in [0.05, 0.1) is 29.5 Å². The van der Waals surface area contributed by atoms with E-state index in [1.807, 2.05) is 0 Å². The number of fused-ring (bicyclic) bond motifs is 1. The van der Waals surface area contributed by atoms with E-state index in [2.05, 4.69) is 48.2 Å². The minimum atomic E-state index is -1.06. The maximum absolute atomic E-state index is 15.4. The zero-order valence-corrected chi connectivity index (χ0v) is 22.9. The minimum absolute atomic E-state index is 0.0250. The van der Waals surface area contributed by atoms with Crippen molar-refractivity contribution >= 4 is 23.8 Å². The number of hydrogen-bond acceptors (Lipinski definition) is 9. The number of nitriles is 1. The molecule has 1 amide bonds. The van der Waals surface area contributed by atoms with Crippen LogP contribution < -0.4 is 21.0 Å². The molecule has 0 radical (unpaired) electrons. The second kappa shape index (κ2) is 10.8. The Morgan fingerprint density at radius 2 is 2.00 bits per heavy atom. The number of amidine groups is 2. The number of nitrogens with one attached hydrogen (secondary N) is 2. The fourth-order valence-corrected chi connectivity index (χ4v) is 7.06. The number of hydrazone groups is 1. The summed E-state index contributed by atoms with van der Waals surface area (Å²) in [6, 6.07) is 1.69. The zero-order chi connectivity index (χ0) is 27.1. The third-order valence-electron chi connectivity index (χ3n) is 9.79. The number of halogens is 1. The van der Waals surface area contributed by atoms with Crippen LogP contribution in [-0.4, -0.2) is 134 Å². The molecule has 1 saturated carbocycles. The smallest absolute Gasteiger partial charge is 0.383 e. The van der Waals surface area contributed by atoms with Crippen LogP contribution in [0.25, 0.3) is 0 Å². The molecule has 0 aromatic rings. The van der Waals surface area contributed by atoms with Crippen molar-refractivity contribution in [2.45, 2.75) is 43.9 Å². The van der Waals surface area contributed by atoms with Crippen molar-refractivity contribution in [1.29, 1.82) is 5.26 Å². The Morgan fingerprint density at radius 3 is 2.69 bits per heavy atom. The van der Waals surface area contributed by atoms with Crippen molar-refractivity contribution in [3.05, 3.63) is 0 Å². The van der Waals surface area contributed by atoms with E-state index in [9.17, 15) is 10.1 Å². The molecule has 3 saturated heterocycles.